The van der Waals surface area contributed by atoms with E-state index in [1.54, 1.807) is 61.1 Å². The van der Waals surface area contributed by atoms with Gasteiger partial charge in [0.2, 0.25) is 0 Å². The van der Waals surface area contributed by atoms with E-state index in [2.05, 4.69) is 120 Å². The quantitative estimate of drug-likeness (QED) is 0.0523. The molecule has 10 aromatic heterocycles. The molecular formula is C84H68Ir2N14O6OsPt2S-6. The number of hydrogen-bond donors (Lipinski definition) is 3. The van der Waals surface area contributed by atoms with Gasteiger partial charge in [-0.15, -0.1) is 82.0 Å². The Kier molecular flexibility index (Phi) is 43.2. The number of ketones is 1. The van der Waals surface area contributed by atoms with Gasteiger partial charge >= 0.3 is 0 Å². The van der Waals surface area contributed by atoms with Crippen LogP contribution in [0.5, 0.6) is 11.5 Å². The SMILES string of the molecule is CC(=O)C=C(C)O.Cc1cc(-c2ccccn2)[n-]n1.Cc1n[n-]c(-c2ccccn2)n1.Cc1nnc(-c2ccccn2)s1.Oc1ccccc1-c1cccc(-c2cccc(-c3ccccc3O)n2)n1.[CH-]=O.[CH-]=O.[Ir].[Ir].[Os].[Pt].[Pt].[c-]1ccccc1-c1nccc2ccccc12.[c-]1ccccc1-c1nccc2ccccc12. The van der Waals surface area contributed by atoms with Crippen LogP contribution in [-0.4, -0.2) is 94.9 Å². The van der Waals surface area contributed by atoms with E-state index in [1.807, 2.05) is 232 Å². The van der Waals surface area contributed by atoms with Crippen molar-refractivity contribution in [1.29, 1.82) is 0 Å². The van der Waals surface area contributed by atoms with Crippen LogP contribution in [0, 0.1) is 32.9 Å². The van der Waals surface area contributed by atoms with Crippen molar-refractivity contribution in [2.24, 2.45) is 0 Å². The van der Waals surface area contributed by atoms with Crippen molar-refractivity contribution in [3.63, 3.8) is 0 Å². The molecule has 0 spiro atoms. The number of para-hydroxylation sites is 2. The van der Waals surface area contributed by atoms with Gasteiger partial charge in [0.05, 0.1) is 34.2 Å². The molecule has 0 atom stereocenters. The zero-order chi connectivity index (χ0) is 74.6. The molecule has 0 saturated heterocycles. The molecule has 0 aliphatic carbocycles. The minimum absolute atomic E-state index is 0. The second-order valence-electron chi connectivity index (χ2n) is 21.9. The molecule has 10 heterocycles. The van der Waals surface area contributed by atoms with Gasteiger partial charge in [0, 0.05) is 168 Å². The van der Waals surface area contributed by atoms with Crippen LogP contribution < -0.4 is 10.2 Å². The van der Waals surface area contributed by atoms with E-state index in [0.29, 0.717) is 45.6 Å². The summed E-state index contributed by atoms with van der Waals surface area (Å²) in [5.74, 6) is 1.58. The zero-order valence-electron chi connectivity index (χ0n) is 59.3. The van der Waals surface area contributed by atoms with Gasteiger partial charge in [-0.25, -0.2) is 9.97 Å². The van der Waals surface area contributed by atoms with Crippen LogP contribution >= 0.6 is 11.3 Å². The molecule has 0 aliphatic rings. The van der Waals surface area contributed by atoms with E-state index in [4.69, 9.17) is 14.7 Å². The van der Waals surface area contributed by atoms with Crippen molar-refractivity contribution in [3.05, 3.63) is 326 Å². The number of carbonyl (C=O) groups is 1. The van der Waals surface area contributed by atoms with Crippen LogP contribution in [0.4, 0.5) is 0 Å². The molecule has 20 nitrogen and oxygen atoms in total. The molecule has 0 bridgehead atoms. The summed E-state index contributed by atoms with van der Waals surface area (Å²) in [4.78, 5) is 60.2. The van der Waals surface area contributed by atoms with Gasteiger partial charge in [-0.3, -0.25) is 38.4 Å². The number of aliphatic hydroxyl groups excluding tert-OH is 1. The number of benzene rings is 6. The first kappa shape index (κ1) is 93.5. The predicted octanol–water partition coefficient (Wildman–Crippen LogP) is 16.9. The molecule has 26 heteroatoms. The molecule has 16 aromatic rings. The largest absolute Gasteiger partial charge is 0.574 e. The summed E-state index contributed by atoms with van der Waals surface area (Å²) in [6.07, 6.45) is 10.1. The smallest absolute Gasteiger partial charge is 0.166 e. The molecule has 0 aliphatic heterocycles. The summed E-state index contributed by atoms with van der Waals surface area (Å²) in [5.41, 5.74) is 12.5. The first-order valence-corrected chi connectivity index (χ1v) is 33.0. The van der Waals surface area contributed by atoms with Crippen LogP contribution in [-0.2, 0) is 117 Å². The Morgan fingerprint density at radius 2 is 0.873 bits per heavy atom. The monoisotopic (exact) mass is 2370 g/mol. The molecule has 2 radical (unpaired) electrons. The Balaban J connectivity index is 0.000000337. The Morgan fingerprint density at radius 3 is 1.25 bits per heavy atom. The van der Waals surface area contributed by atoms with Crippen molar-refractivity contribution in [3.8, 4) is 102 Å². The maximum absolute atomic E-state index is 10.1. The number of aromatic hydroxyl groups is 2. The van der Waals surface area contributed by atoms with Crippen LogP contribution in [0.3, 0.4) is 0 Å². The number of fused-ring (bicyclic) bond motifs is 2. The van der Waals surface area contributed by atoms with Gasteiger partial charge in [-0.05, 0) is 170 Å². The fourth-order valence-corrected chi connectivity index (χ4v) is 10.4. The van der Waals surface area contributed by atoms with E-state index in [9.17, 15) is 15.0 Å². The number of carbonyl (C=O) groups excluding carboxylic acids is 3. The van der Waals surface area contributed by atoms with Gasteiger partial charge in [-0.1, -0.05) is 126 Å². The molecule has 0 amide bonds. The second kappa shape index (κ2) is 50.8. The zero-order valence-corrected chi connectivity index (χ0v) is 71.9. The van der Waals surface area contributed by atoms with Gasteiger partial charge in [0.1, 0.15) is 22.2 Å². The fourth-order valence-electron chi connectivity index (χ4n) is 9.72. The van der Waals surface area contributed by atoms with Crippen LogP contribution in [0.25, 0.3) is 112 Å². The summed E-state index contributed by atoms with van der Waals surface area (Å²) >= 11 is 1.56. The first-order chi connectivity index (χ1) is 51.3. The molecular weight excluding hydrogens is 2300 g/mol. The van der Waals surface area contributed by atoms with Crippen molar-refractivity contribution in [2.75, 3.05) is 0 Å². The van der Waals surface area contributed by atoms with E-state index >= 15 is 0 Å². The third-order valence-electron chi connectivity index (χ3n) is 14.3. The van der Waals surface area contributed by atoms with Gasteiger partial charge < -0.3 is 55.2 Å². The summed E-state index contributed by atoms with van der Waals surface area (Å²) in [6, 6.07) is 87.4. The Hall–Kier alpha value is -10.7. The van der Waals surface area contributed by atoms with Crippen LogP contribution in [0.15, 0.2) is 298 Å². The number of rotatable bonds is 9. The van der Waals surface area contributed by atoms with Crippen molar-refractivity contribution in [1.82, 2.24) is 70.5 Å². The van der Waals surface area contributed by atoms with Gasteiger partial charge in [0.15, 0.2) is 10.8 Å². The number of aliphatic hydroxyl groups is 1. The average Bonchev–Trinajstić information content (AvgIpc) is 1.12. The standard InChI is InChI=1S/C22H16N2O2.2C15H10N.C9H8N3.C8H7N4.C8H7N3S.C5H8O2.2CHO.2Ir.Os.2Pt/c25-21-13-3-1-7-15(21)17-9-5-11-19(23-17)20-12-6-10-18(24-20)16-8-2-4-14-22(16)26;2*1-2-7-13(8-3-1)15-14-9-5-4-6-12(14)10-11-16-15;1-7-6-9(12-11-7)8-4-2-3-5-10-8;1-6-10-8(12-11-6)7-4-2-3-5-9-7;1-6-10-11-8(12-6)7-4-2-3-5-9-7;1-4(6)3-5(2)7;2*1-2;;;;;/h1-14,25-26H;2*1-7,9-11H;2-6H,1H3;2*2-5H,1H3;3,6H,1-2H3;2*1H;;;;;/q;4*-1;;;2*-1;;;;;. The molecule has 0 fully saturated rings. The van der Waals surface area contributed by atoms with Crippen molar-refractivity contribution >= 4 is 52.2 Å². The Labute approximate surface area is 710 Å². The van der Waals surface area contributed by atoms with Crippen LogP contribution in [0.1, 0.15) is 30.4 Å². The third kappa shape index (κ3) is 29.0. The minimum Gasteiger partial charge on any atom is -0.574 e. The summed E-state index contributed by atoms with van der Waals surface area (Å²) < 4.78 is 0. The molecule has 6 aromatic carbocycles. The van der Waals surface area contributed by atoms with Gasteiger partial charge in [-0.2, -0.15) is 0 Å². The van der Waals surface area contributed by atoms with E-state index < -0.39 is 0 Å². The molecule has 568 valence electrons. The summed E-state index contributed by atoms with van der Waals surface area (Å²) in [6.45, 7) is 15.0. The molecule has 0 unspecified atom stereocenters. The molecule has 110 heavy (non-hydrogen) atoms. The number of hydrogen-bond acceptors (Lipinski definition) is 19. The minimum atomic E-state index is -0.125. The average molecular weight is 2370 g/mol. The van der Waals surface area contributed by atoms with E-state index in [0.717, 1.165) is 61.0 Å². The summed E-state index contributed by atoms with van der Waals surface area (Å²) in [5, 5.41) is 58.6. The number of phenolic OH excluding ortho intramolecular Hbond substituents is 2. The summed E-state index contributed by atoms with van der Waals surface area (Å²) in [7, 11) is 0. The normalized spacial score (nSPS) is 9.66. The van der Waals surface area contributed by atoms with Crippen LogP contribution in [0.2, 0.25) is 0 Å². The third-order valence-corrected chi connectivity index (χ3v) is 15.1. The number of aromatic nitrogens is 14. The number of allylic oxidation sites excluding steroid dienone is 2. The fraction of sp³-hybridized carbons (Fsp3) is 0.0595. The molecule has 0 saturated carbocycles. The molecule has 16 rings (SSSR count). The van der Waals surface area contributed by atoms with Gasteiger partial charge in [0.25, 0.3) is 0 Å². The Bertz CT molecular complexity index is 4960. The topological polar surface area (TPSA) is 295 Å². The Morgan fingerprint density at radius 1 is 0.445 bits per heavy atom. The number of nitrogens with zero attached hydrogens (tertiary/aromatic N) is 14. The van der Waals surface area contributed by atoms with Crippen molar-refractivity contribution in [2.45, 2.75) is 34.6 Å². The number of pyridine rings is 7. The first-order valence-electron chi connectivity index (χ1n) is 32.2. The van der Waals surface area contributed by atoms with E-state index in [1.165, 1.54) is 41.5 Å². The maximum Gasteiger partial charge on any atom is 0.166 e. The molecule has 3 N–H and O–H groups in total. The predicted molar refractivity (Wildman–Crippen MR) is 411 cm³/mol. The van der Waals surface area contributed by atoms with Crippen molar-refractivity contribution < 1.29 is 132 Å². The number of phenols is 2. The number of aryl methyl sites for hydroxylation is 3. The second-order valence-corrected chi connectivity index (χ2v) is 23.1. The maximum atomic E-state index is 10.1. The van der Waals surface area contributed by atoms with E-state index in [-0.39, 0.29) is 125 Å².